The maximum atomic E-state index is 6.41. The van der Waals surface area contributed by atoms with E-state index >= 15 is 0 Å². The Balaban J connectivity index is 1.74. The van der Waals surface area contributed by atoms with E-state index in [1.54, 1.807) is 0 Å². The number of para-hydroxylation sites is 1. The second-order valence-electron chi connectivity index (χ2n) is 7.41. The van der Waals surface area contributed by atoms with Crippen molar-refractivity contribution in [2.24, 2.45) is 5.10 Å². The van der Waals surface area contributed by atoms with E-state index in [0.29, 0.717) is 17.1 Å². The first-order valence-electron chi connectivity index (χ1n) is 9.99. The molecule has 0 saturated heterocycles. The van der Waals surface area contributed by atoms with Gasteiger partial charge in [0.1, 0.15) is 17.4 Å². The highest BCUT2D eigenvalue weighted by Crippen LogP contribution is 2.47. The minimum atomic E-state index is -0.244. The van der Waals surface area contributed by atoms with E-state index in [9.17, 15) is 0 Å². The molecule has 0 radical (unpaired) electrons. The molecule has 0 saturated carbocycles. The molecule has 5 rings (SSSR count). The molecule has 2 atom stereocenters. The van der Waals surface area contributed by atoms with Gasteiger partial charge in [-0.05, 0) is 30.2 Å². The maximum Gasteiger partial charge on any atom is 0.185 e. The van der Waals surface area contributed by atoms with Crippen molar-refractivity contribution in [3.8, 4) is 0 Å². The van der Waals surface area contributed by atoms with Crippen LogP contribution in [0.15, 0.2) is 101 Å². The van der Waals surface area contributed by atoms with Crippen molar-refractivity contribution in [1.82, 2.24) is 5.16 Å². The molecule has 5 heteroatoms. The number of nitrogens with zero attached hydrogens (tertiary/aromatic N) is 3. The van der Waals surface area contributed by atoms with Gasteiger partial charge in [-0.25, -0.2) is 0 Å². The Morgan fingerprint density at radius 1 is 0.833 bits per heavy atom. The summed E-state index contributed by atoms with van der Waals surface area (Å²) in [5.74, 6) is 0.573. The van der Waals surface area contributed by atoms with E-state index in [0.717, 1.165) is 22.5 Å². The van der Waals surface area contributed by atoms with Gasteiger partial charge >= 0.3 is 0 Å². The van der Waals surface area contributed by atoms with Crippen molar-refractivity contribution in [3.05, 3.63) is 114 Å². The van der Waals surface area contributed by atoms with Crippen LogP contribution in [0, 0.1) is 6.92 Å². The minimum Gasteiger partial charge on any atom is -0.394 e. The molecule has 0 fully saturated rings. The Hall–Kier alpha value is -3.86. The summed E-state index contributed by atoms with van der Waals surface area (Å²) in [6, 6.07) is 30.5. The summed E-state index contributed by atoms with van der Waals surface area (Å²) in [5, 5.41) is 11.2. The van der Waals surface area contributed by atoms with Crippen LogP contribution in [0.3, 0.4) is 0 Å². The number of rotatable bonds is 4. The highest BCUT2D eigenvalue weighted by atomic mass is 16.5. The number of hydrogen-bond donors (Lipinski definition) is 1. The lowest BCUT2D eigenvalue weighted by Gasteiger charge is -2.27. The van der Waals surface area contributed by atoms with E-state index in [-0.39, 0.29) is 12.0 Å². The van der Waals surface area contributed by atoms with Gasteiger partial charge in [0.15, 0.2) is 5.76 Å². The van der Waals surface area contributed by atoms with Crippen molar-refractivity contribution in [2.75, 3.05) is 10.7 Å². The molecule has 5 nitrogen and oxygen atoms in total. The van der Waals surface area contributed by atoms with Crippen LogP contribution in [-0.4, -0.2) is 10.9 Å². The molecule has 1 aliphatic rings. The second-order valence-corrected chi connectivity index (χ2v) is 7.41. The Morgan fingerprint density at radius 3 is 2.03 bits per heavy atom. The number of aromatic nitrogens is 1. The Kier molecular flexibility index (Phi) is 4.56. The van der Waals surface area contributed by atoms with Crippen LogP contribution in [0.1, 0.15) is 34.5 Å². The lowest BCUT2D eigenvalue weighted by Crippen LogP contribution is -2.25. The van der Waals surface area contributed by atoms with Crippen LogP contribution in [0.4, 0.5) is 11.4 Å². The first-order chi connectivity index (χ1) is 14.7. The van der Waals surface area contributed by atoms with E-state index < -0.39 is 0 Å². The van der Waals surface area contributed by atoms with E-state index in [1.807, 2.05) is 66.5 Å². The van der Waals surface area contributed by atoms with Crippen molar-refractivity contribution in [2.45, 2.75) is 18.9 Å². The lowest BCUT2D eigenvalue weighted by atomic mass is 9.83. The summed E-state index contributed by atoms with van der Waals surface area (Å²) in [6.07, 6.45) is 0. The number of aryl methyl sites for hydroxylation is 1. The first kappa shape index (κ1) is 18.2. The van der Waals surface area contributed by atoms with Gasteiger partial charge in [0.25, 0.3) is 0 Å². The van der Waals surface area contributed by atoms with Crippen LogP contribution >= 0.6 is 0 Å². The number of nitrogen functional groups attached to an aromatic ring is 1. The van der Waals surface area contributed by atoms with Crippen molar-refractivity contribution >= 4 is 17.1 Å². The standard InChI is InChI=1S/C25H22N4O/c1-17-22(26)25(30-28-17)24-21(18-11-5-2-6-12-18)23(19-13-7-3-8-14-19)27-29(24)20-15-9-4-10-16-20/h2-16,21,24H,26H2,1H3/t21-,24+/m1/s1. The molecule has 1 aromatic heterocycles. The fourth-order valence-corrected chi connectivity index (χ4v) is 4.05. The first-order valence-corrected chi connectivity index (χ1v) is 9.99. The number of benzene rings is 3. The van der Waals surface area contributed by atoms with Gasteiger partial charge in [0.05, 0.1) is 17.3 Å². The van der Waals surface area contributed by atoms with Gasteiger partial charge in [0.2, 0.25) is 0 Å². The Morgan fingerprint density at radius 2 is 1.43 bits per heavy atom. The highest BCUT2D eigenvalue weighted by Gasteiger charge is 2.44. The van der Waals surface area contributed by atoms with Crippen LogP contribution in [0.5, 0.6) is 0 Å². The van der Waals surface area contributed by atoms with Crippen LogP contribution in [0.2, 0.25) is 0 Å². The lowest BCUT2D eigenvalue weighted by molar-refractivity contribution is 0.352. The quantitative estimate of drug-likeness (QED) is 0.509. The molecule has 4 aromatic rings. The van der Waals surface area contributed by atoms with Crippen LogP contribution < -0.4 is 10.7 Å². The summed E-state index contributed by atoms with van der Waals surface area (Å²) in [7, 11) is 0. The van der Waals surface area contributed by atoms with Gasteiger partial charge < -0.3 is 10.3 Å². The van der Waals surface area contributed by atoms with E-state index in [4.69, 9.17) is 15.4 Å². The smallest absolute Gasteiger partial charge is 0.185 e. The topological polar surface area (TPSA) is 67.7 Å². The summed E-state index contributed by atoms with van der Waals surface area (Å²) < 4.78 is 5.78. The van der Waals surface area contributed by atoms with E-state index in [2.05, 4.69) is 41.6 Å². The molecule has 2 N–H and O–H groups in total. The fourth-order valence-electron chi connectivity index (χ4n) is 4.05. The second kappa shape index (κ2) is 7.52. The zero-order valence-electron chi connectivity index (χ0n) is 16.6. The average molecular weight is 394 g/mol. The molecule has 0 amide bonds. The third-order valence-electron chi connectivity index (χ3n) is 5.54. The predicted octanol–water partition coefficient (Wildman–Crippen LogP) is 5.31. The molecule has 0 unspecified atom stereocenters. The molecular weight excluding hydrogens is 372 g/mol. The van der Waals surface area contributed by atoms with Gasteiger partial charge in [-0.2, -0.15) is 5.10 Å². The van der Waals surface area contributed by atoms with Gasteiger partial charge in [-0.15, -0.1) is 0 Å². The fraction of sp³-hybridized carbons (Fsp3) is 0.120. The minimum absolute atomic E-state index is 0.0662. The van der Waals surface area contributed by atoms with Crippen molar-refractivity contribution < 1.29 is 4.52 Å². The third-order valence-corrected chi connectivity index (χ3v) is 5.54. The van der Waals surface area contributed by atoms with Crippen molar-refractivity contribution in [3.63, 3.8) is 0 Å². The molecular formula is C25H22N4O. The average Bonchev–Trinajstić information content (AvgIpc) is 3.36. The molecule has 3 aromatic carbocycles. The molecule has 30 heavy (non-hydrogen) atoms. The molecule has 2 heterocycles. The van der Waals surface area contributed by atoms with Crippen LogP contribution in [0.25, 0.3) is 0 Å². The van der Waals surface area contributed by atoms with Crippen molar-refractivity contribution in [1.29, 1.82) is 0 Å². The number of hydrogen-bond acceptors (Lipinski definition) is 5. The number of anilines is 2. The molecule has 0 spiro atoms. The Labute approximate surface area is 175 Å². The summed E-state index contributed by atoms with van der Waals surface area (Å²) in [4.78, 5) is 0. The third kappa shape index (κ3) is 3.05. The summed E-state index contributed by atoms with van der Waals surface area (Å²) in [5.41, 5.74) is 11.9. The predicted molar refractivity (Wildman–Crippen MR) is 119 cm³/mol. The zero-order chi connectivity index (χ0) is 20.5. The molecule has 148 valence electrons. The number of nitrogens with two attached hydrogens (primary N) is 1. The van der Waals surface area contributed by atoms with Gasteiger partial charge in [-0.1, -0.05) is 84.0 Å². The van der Waals surface area contributed by atoms with Crippen LogP contribution in [-0.2, 0) is 0 Å². The number of hydrazone groups is 1. The molecule has 0 bridgehead atoms. The summed E-state index contributed by atoms with van der Waals surface area (Å²) >= 11 is 0. The maximum absolute atomic E-state index is 6.41. The molecule has 1 aliphatic heterocycles. The molecule has 0 aliphatic carbocycles. The van der Waals surface area contributed by atoms with Gasteiger partial charge in [0, 0.05) is 0 Å². The monoisotopic (exact) mass is 394 g/mol. The normalized spacial score (nSPS) is 18.4. The highest BCUT2D eigenvalue weighted by molar-refractivity contribution is 6.08. The SMILES string of the molecule is Cc1noc([C@@H]2[C@H](c3ccccc3)C(c3ccccc3)=NN2c2ccccc2)c1N. The summed E-state index contributed by atoms with van der Waals surface area (Å²) in [6.45, 7) is 1.86. The largest absolute Gasteiger partial charge is 0.394 e. The van der Waals surface area contributed by atoms with Gasteiger partial charge in [-0.3, -0.25) is 5.01 Å². The zero-order valence-corrected chi connectivity index (χ0v) is 16.6. The van der Waals surface area contributed by atoms with E-state index in [1.165, 1.54) is 0 Å². The Bertz CT molecular complexity index is 1170.